The molecule has 3 aliphatic rings. The van der Waals surface area contributed by atoms with Crippen molar-refractivity contribution in [1.82, 2.24) is 19.5 Å². The highest BCUT2D eigenvalue weighted by Gasteiger charge is 2.53. The summed E-state index contributed by atoms with van der Waals surface area (Å²) in [4.78, 5) is 46.3. The lowest BCUT2D eigenvalue weighted by atomic mass is 10.0. The second-order valence-electron chi connectivity index (χ2n) is 10.6. The van der Waals surface area contributed by atoms with Gasteiger partial charge in [-0.1, -0.05) is 6.92 Å². The Balaban J connectivity index is 1.10. The number of rotatable bonds is 9. The summed E-state index contributed by atoms with van der Waals surface area (Å²) in [6, 6.07) is 9.19. The van der Waals surface area contributed by atoms with Gasteiger partial charge in [0.25, 0.3) is 5.91 Å². The van der Waals surface area contributed by atoms with E-state index in [2.05, 4.69) is 15.2 Å². The minimum atomic E-state index is -3.88. The van der Waals surface area contributed by atoms with Crippen molar-refractivity contribution in [1.29, 1.82) is 0 Å². The summed E-state index contributed by atoms with van der Waals surface area (Å²) in [6.45, 7) is 5.50. The van der Waals surface area contributed by atoms with Crippen molar-refractivity contribution in [2.45, 2.75) is 43.2 Å². The summed E-state index contributed by atoms with van der Waals surface area (Å²) in [7, 11) is -3.88. The molecule has 0 saturated carbocycles. The summed E-state index contributed by atoms with van der Waals surface area (Å²) >= 11 is 0. The SMILES string of the molecule is CC(CCNC(=O)c1ccc(N2CCOCC2)cc1)CC(=O)N1CCC2C1C(=O)CN2S(=O)(=O)c1cccnc1. The zero-order chi connectivity index (χ0) is 28.3. The number of sulfonamides is 1. The van der Waals surface area contributed by atoms with Crippen LogP contribution in [0.25, 0.3) is 0 Å². The minimum absolute atomic E-state index is 0.0257. The molecule has 3 fully saturated rings. The number of carbonyl (C=O) groups excluding carboxylic acids is 3. The number of carbonyl (C=O) groups is 3. The topological polar surface area (TPSA) is 129 Å². The molecule has 4 heterocycles. The number of hydrogen-bond acceptors (Lipinski definition) is 8. The van der Waals surface area contributed by atoms with Crippen LogP contribution in [-0.2, 0) is 24.3 Å². The van der Waals surface area contributed by atoms with Crippen LogP contribution in [0.4, 0.5) is 5.69 Å². The average Bonchev–Trinajstić information content (AvgIpc) is 3.55. The number of likely N-dealkylation sites (tertiary alicyclic amines) is 1. The maximum absolute atomic E-state index is 13.1. The average molecular weight is 570 g/mol. The number of pyridine rings is 1. The van der Waals surface area contributed by atoms with E-state index in [1.165, 1.54) is 27.7 Å². The molecule has 5 rings (SSSR count). The van der Waals surface area contributed by atoms with Gasteiger partial charge in [-0.25, -0.2) is 8.42 Å². The molecule has 11 nitrogen and oxygen atoms in total. The van der Waals surface area contributed by atoms with Crippen LogP contribution in [0.1, 0.15) is 36.5 Å². The standard InChI is InChI=1S/C28H35N5O6S/c1-20(8-11-30-28(36)21-4-6-22(7-5-21)31-13-15-39-16-14-31)17-26(35)32-12-9-24-27(32)25(34)19-33(24)40(37,38)23-3-2-10-29-18-23/h2-7,10,18,20,24,27H,8-9,11-17,19H2,1H3,(H,30,36). The van der Waals surface area contributed by atoms with Crippen LogP contribution >= 0.6 is 0 Å². The van der Waals surface area contributed by atoms with E-state index >= 15 is 0 Å². The Morgan fingerprint density at radius 2 is 1.88 bits per heavy atom. The van der Waals surface area contributed by atoms with E-state index in [-0.39, 0.29) is 41.4 Å². The van der Waals surface area contributed by atoms with Crippen LogP contribution in [0, 0.1) is 5.92 Å². The third kappa shape index (κ3) is 5.89. The Kier molecular flexibility index (Phi) is 8.48. The van der Waals surface area contributed by atoms with E-state index in [9.17, 15) is 22.8 Å². The van der Waals surface area contributed by atoms with Crippen molar-refractivity contribution >= 4 is 33.3 Å². The fourth-order valence-electron chi connectivity index (χ4n) is 5.71. The van der Waals surface area contributed by atoms with E-state index in [0.29, 0.717) is 44.7 Å². The van der Waals surface area contributed by atoms with Gasteiger partial charge in [0.05, 0.1) is 25.8 Å². The number of ketones is 1. The van der Waals surface area contributed by atoms with Gasteiger partial charge in [0.1, 0.15) is 10.9 Å². The zero-order valence-corrected chi connectivity index (χ0v) is 23.4. The lowest BCUT2D eigenvalue weighted by molar-refractivity contribution is -0.137. The molecule has 2 aromatic rings. The number of ether oxygens (including phenoxy) is 1. The fraction of sp³-hybridized carbons (Fsp3) is 0.500. The second kappa shape index (κ2) is 12.0. The Bertz CT molecular complexity index is 1330. The largest absolute Gasteiger partial charge is 0.378 e. The highest BCUT2D eigenvalue weighted by molar-refractivity contribution is 7.89. The predicted molar refractivity (Wildman–Crippen MR) is 147 cm³/mol. The van der Waals surface area contributed by atoms with Crippen LogP contribution in [0.3, 0.4) is 0 Å². The number of anilines is 1. The third-order valence-corrected chi connectivity index (χ3v) is 9.74. The number of morpholine rings is 1. The number of aromatic nitrogens is 1. The molecule has 3 unspecified atom stereocenters. The molecule has 0 aliphatic carbocycles. The van der Waals surface area contributed by atoms with Gasteiger partial charge in [0.2, 0.25) is 15.9 Å². The zero-order valence-electron chi connectivity index (χ0n) is 22.6. The molecule has 0 radical (unpaired) electrons. The molecule has 2 amide bonds. The van der Waals surface area contributed by atoms with Gasteiger partial charge in [-0.05, 0) is 55.2 Å². The molecule has 3 aliphatic heterocycles. The maximum atomic E-state index is 13.1. The number of benzene rings is 1. The molecule has 3 atom stereocenters. The summed E-state index contributed by atoms with van der Waals surface area (Å²) < 4.78 is 32.9. The van der Waals surface area contributed by atoms with Crippen molar-refractivity contribution in [3.05, 3.63) is 54.4 Å². The predicted octanol–water partition coefficient (Wildman–Crippen LogP) is 1.31. The lowest BCUT2D eigenvalue weighted by Crippen LogP contribution is -2.44. The van der Waals surface area contributed by atoms with Crippen molar-refractivity contribution in [2.75, 3.05) is 50.8 Å². The molecule has 1 aromatic carbocycles. The van der Waals surface area contributed by atoms with E-state index in [4.69, 9.17) is 4.74 Å². The number of fused-ring (bicyclic) bond motifs is 1. The Morgan fingerprint density at radius 1 is 1.12 bits per heavy atom. The first kappa shape index (κ1) is 28.2. The van der Waals surface area contributed by atoms with Gasteiger partial charge in [-0.3, -0.25) is 19.4 Å². The molecular weight excluding hydrogens is 534 g/mol. The molecule has 0 spiro atoms. The van der Waals surface area contributed by atoms with Gasteiger partial charge in [0.15, 0.2) is 5.78 Å². The van der Waals surface area contributed by atoms with Crippen molar-refractivity contribution in [2.24, 2.45) is 5.92 Å². The van der Waals surface area contributed by atoms with E-state index in [0.717, 1.165) is 18.8 Å². The first-order valence-electron chi connectivity index (χ1n) is 13.7. The quantitative estimate of drug-likeness (QED) is 0.479. The molecule has 3 saturated heterocycles. The minimum Gasteiger partial charge on any atom is -0.378 e. The highest BCUT2D eigenvalue weighted by atomic mass is 32.2. The summed E-state index contributed by atoms with van der Waals surface area (Å²) in [6.07, 6.45) is 3.99. The number of nitrogens with zero attached hydrogens (tertiary/aromatic N) is 4. The highest BCUT2D eigenvalue weighted by Crippen LogP contribution is 2.34. The number of nitrogens with one attached hydrogen (secondary N) is 1. The second-order valence-corrected chi connectivity index (χ2v) is 12.5. The van der Waals surface area contributed by atoms with Crippen molar-refractivity contribution < 1.29 is 27.5 Å². The van der Waals surface area contributed by atoms with Crippen LogP contribution in [0.15, 0.2) is 53.7 Å². The van der Waals surface area contributed by atoms with Gasteiger partial charge in [0, 0.05) is 56.2 Å². The monoisotopic (exact) mass is 569 g/mol. The Labute approximate surface area is 234 Å². The number of amides is 2. The van der Waals surface area contributed by atoms with E-state index in [1.54, 1.807) is 6.07 Å². The normalized spacial score (nSPS) is 22.3. The van der Waals surface area contributed by atoms with E-state index < -0.39 is 22.1 Å². The molecular formula is C28H35N5O6S. The van der Waals surface area contributed by atoms with Gasteiger partial charge in [-0.15, -0.1) is 0 Å². The molecule has 12 heteroatoms. The van der Waals surface area contributed by atoms with Crippen molar-refractivity contribution in [3.63, 3.8) is 0 Å². The van der Waals surface area contributed by atoms with Crippen molar-refractivity contribution in [3.8, 4) is 0 Å². The van der Waals surface area contributed by atoms with Gasteiger partial charge in [-0.2, -0.15) is 4.31 Å². The molecule has 0 bridgehead atoms. The third-order valence-electron chi connectivity index (χ3n) is 7.89. The van der Waals surface area contributed by atoms with Gasteiger partial charge < -0.3 is 19.9 Å². The maximum Gasteiger partial charge on any atom is 0.251 e. The van der Waals surface area contributed by atoms with Crippen LogP contribution in [0.2, 0.25) is 0 Å². The summed E-state index contributed by atoms with van der Waals surface area (Å²) in [5.74, 6) is -0.620. The Hall–Kier alpha value is -3.35. The lowest BCUT2D eigenvalue weighted by Gasteiger charge is -2.28. The van der Waals surface area contributed by atoms with Crippen LogP contribution in [-0.4, -0.2) is 98.2 Å². The van der Waals surface area contributed by atoms with Crippen LogP contribution in [0.5, 0.6) is 0 Å². The first-order valence-corrected chi connectivity index (χ1v) is 15.1. The summed E-state index contributed by atoms with van der Waals surface area (Å²) in [5.41, 5.74) is 1.64. The molecule has 214 valence electrons. The number of hydrogen-bond donors (Lipinski definition) is 1. The summed E-state index contributed by atoms with van der Waals surface area (Å²) in [5, 5.41) is 2.92. The van der Waals surface area contributed by atoms with Crippen LogP contribution < -0.4 is 10.2 Å². The number of Topliss-reactive ketones (excluding diaryl/α,β-unsaturated/α-hetero) is 1. The van der Waals surface area contributed by atoms with Gasteiger partial charge >= 0.3 is 0 Å². The van der Waals surface area contributed by atoms with E-state index in [1.807, 2.05) is 31.2 Å². The fourth-order valence-corrected chi connectivity index (χ4v) is 7.29. The molecule has 1 N–H and O–H groups in total. The smallest absolute Gasteiger partial charge is 0.251 e. The molecule has 1 aromatic heterocycles. The Morgan fingerprint density at radius 3 is 2.58 bits per heavy atom. The molecule has 40 heavy (non-hydrogen) atoms. The first-order chi connectivity index (χ1) is 19.3.